The van der Waals surface area contributed by atoms with E-state index in [2.05, 4.69) is 39.1 Å². The van der Waals surface area contributed by atoms with Crippen LogP contribution in [0.2, 0.25) is 5.02 Å². The van der Waals surface area contributed by atoms with E-state index in [1.165, 1.54) is 0 Å². The van der Waals surface area contributed by atoms with Crippen LogP contribution >= 0.6 is 11.6 Å². The molecule has 5 nitrogen and oxygen atoms in total. The Labute approximate surface area is 174 Å². The van der Waals surface area contributed by atoms with Gasteiger partial charge in [0, 0.05) is 36.3 Å². The molecule has 0 spiro atoms. The summed E-state index contributed by atoms with van der Waals surface area (Å²) in [5.41, 5.74) is 5.63. The first-order chi connectivity index (χ1) is 14.2. The Bertz CT molecular complexity index is 1240. The third-order valence-corrected chi connectivity index (χ3v) is 5.09. The van der Waals surface area contributed by atoms with E-state index in [0.717, 1.165) is 39.0 Å². The second-order valence-corrected chi connectivity index (χ2v) is 7.10. The van der Waals surface area contributed by atoms with Gasteiger partial charge in [0.25, 0.3) is 0 Å². The largest absolute Gasteiger partial charge is 0.332 e. The zero-order chi connectivity index (χ0) is 20.2. The number of pyridine rings is 2. The lowest BCUT2D eigenvalue weighted by Crippen LogP contribution is -1.96. The first-order valence-electron chi connectivity index (χ1n) is 9.17. The summed E-state index contributed by atoms with van der Waals surface area (Å²) in [7, 11) is 1.95. The van der Waals surface area contributed by atoms with E-state index < -0.39 is 0 Å². The van der Waals surface area contributed by atoms with E-state index in [0.29, 0.717) is 18.0 Å². The third kappa shape index (κ3) is 4.03. The number of halogens is 1. The van der Waals surface area contributed by atoms with Crippen molar-refractivity contribution in [2.24, 2.45) is 7.05 Å². The van der Waals surface area contributed by atoms with Crippen LogP contribution in [-0.4, -0.2) is 26.1 Å². The minimum absolute atomic E-state index is 0.411. The van der Waals surface area contributed by atoms with Gasteiger partial charge in [0.15, 0.2) is 0 Å². The van der Waals surface area contributed by atoms with Gasteiger partial charge in [-0.05, 0) is 47.0 Å². The molecule has 0 aliphatic rings. The van der Waals surface area contributed by atoms with Crippen molar-refractivity contribution in [1.82, 2.24) is 19.5 Å². The SMILES string of the molecule is [C-]#[N+]CCc1cc2c(/C=C/c3ccncc3)cc(-c3cncn3C)nc2cc1Cl. The van der Waals surface area contributed by atoms with Crippen LogP contribution in [0.4, 0.5) is 0 Å². The smallest absolute Gasteiger partial charge is 0.218 e. The Kier molecular flexibility index (Phi) is 5.37. The quantitative estimate of drug-likeness (QED) is 0.427. The highest BCUT2D eigenvalue weighted by Crippen LogP contribution is 2.30. The van der Waals surface area contributed by atoms with Crippen LogP contribution in [0.25, 0.3) is 39.3 Å². The molecule has 0 amide bonds. The van der Waals surface area contributed by atoms with Gasteiger partial charge in [-0.25, -0.2) is 16.5 Å². The fourth-order valence-corrected chi connectivity index (χ4v) is 3.47. The van der Waals surface area contributed by atoms with Crippen LogP contribution in [0.5, 0.6) is 0 Å². The number of hydrogen-bond donors (Lipinski definition) is 0. The van der Waals surface area contributed by atoms with Crippen molar-refractivity contribution in [1.29, 1.82) is 0 Å². The standard InChI is InChI=1S/C23H18ClN5/c1-25-8-7-18-11-19-17(4-3-16-5-9-26-10-6-16)12-22(23-14-27-15-29(23)2)28-21(19)13-20(18)24/h3-6,9-15H,7-8H2,2H3/b4-3+. The van der Waals surface area contributed by atoms with Crippen molar-refractivity contribution in [2.75, 3.05) is 6.54 Å². The summed E-state index contributed by atoms with van der Waals surface area (Å²) >= 11 is 6.49. The van der Waals surface area contributed by atoms with Gasteiger partial charge in [0.1, 0.15) is 0 Å². The van der Waals surface area contributed by atoms with E-state index in [1.807, 2.05) is 29.8 Å². The molecule has 0 saturated heterocycles. The number of imidazole rings is 1. The summed E-state index contributed by atoms with van der Waals surface area (Å²) in [6.45, 7) is 7.47. The van der Waals surface area contributed by atoms with Gasteiger partial charge in [0.05, 0.1) is 29.4 Å². The minimum Gasteiger partial charge on any atom is -0.332 e. The molecule has 0 fully saturated rings. The lowest BCUT2D eigenvalue weighted by Gasteiger charge is -2.10. The van der Waals surface area contributed by atoms with Crippen LogP contribution in [0.15, 0.2) is 55.2 Å². The average Bonchev–Trinajstić information content (AvgIpc) is 3.17. The number of hydrogen-bond acceptors (Lipinski definition) is 3. The summed E-state index contributed by atoms with van der Waals surface area (Å²) in [6, 6.07) is 9.92. The molecule has 3 aromatic heterocycles. The van der Waals surface area contributed by atoms with E-state index in [4.69, 9.17) is 23.2 Å². The lowest BCUT2D eigenvalue weighted by atomic mass is 10.0. The molecule has 142 valence electrons. The summed E-state index contributed by atoms with van der Waals surface area (Å²) in [6.07, 6.45) is 11.9. The second kappa shape index (κ2) is 8.26. The van der Waals surface area contributed by atoms with Gasteiger partial charge < -0.3 is 9.41 Å². The normalized spacial score (nSPS) is 11.2. The molecule has 0 saturated carbocycles. The Morgan fingerprint density at radius 2 is 1.97 bits per heavy atom. The highest BCUT2D eigenvalue weighted by atomic mass is 35.5. The zero-order valence-corrected chi connectivity index (χ0v) is 16.6. The maximum absolute atomic E-state index is 7.06. The Balaban J connectivity index is 1.89. The summed E-state index contributed by atoms with van der Waals surface area (Å²) in [5.74, 6) is 0. The fourth-order valence-electron chi connectivity index (χ4n) is 3.22. The molecule has 4 aromatic rings. The highest BCUT2D eigenvalue weighted by molar-refractivity contribution is 6.32. The van der Waals surface area contributed by atoms with Crippen molar-refractivity contribution in [3.63, 3.8) is 0 Å². The van der Waals surface area contributed by atoms with Crippen molar-refractivity contribution >= 4 is 34.7 Å². The predicted molar refractivity (Wildman–Crippen MR) is 117 cm³/mol. The molecule has 3 heterocycles. The molecule has 0 aliphatic heterocycles. The Morgan fingerprint density at radius 1 is 1.14 bits per heavy atom. The molecule has 6 heteroatoms. The van der Waals surface area contributed by atoms with Crippen LogP contribution in [0.1, 0.15) is 16.7 Å². The molecular weight excluding hydrogens is 382 g/mol. The van der Waals surface area contributed by atoms with Crippen molar-refractivity contribution in [3.05, 3.63) is 88.4 Å². The molecule has 0 N–H and O–H groups in total. The third-order valence-electron chi connectivity index (χ3n) is 4.74. The van der Waals surface area contributed by atoms with Crippen LogP contribution in [-0.2, 0) is 13.5 Å². The van der Waals surface area contributed by atoms with E-state index in [1.54, 1.807) is 24.9 Å². The van der Waals surface area contributed by atoms with Gasteiger partial charge in [-0.1, -0.05) is 23.8 Å². The minimum atomic E-state index is 0.411. The first kappa shape index (κ1) is 18.9. The number of fused-ring (bicyclic) bond motifs is 1. The monoisotopic (exact) mass is 399 g/mol. The van der Waals surface area contributed by atoms with Gasteiger partial charge in [-0.3, -0.25) is 4.98 Å². The molecular formula is C23H18ClN5. The van der Waals surface area contributed by atoms with Crippen LogP contribution < -0.4 is 0 Å². The molecule has 4 rings (SSSR count). The van der Waals surface area contributed by atoms with E-state index in [9.17, 15) is 0 Å². The maximum atomic E-state index is 7.06. The number of aromatic nitrogens is 4. The van der Waals surface area contributed by atoms with Gasteiger partial charge >= 0.3 is 0 Å². The number of nitrogens with zero attached hydrogens (tertiary/aromatic N) is 5. The predicted octanol–water partition coefficient (Wildman–Crippen LogP) is 5.32. The molecule has 0 atom stereocenters. The molecule has 0 unspecified atom stereocenters. The average molecular weight is 400 g/mol. The highest BCUT2D eigenvalue weighted by Gasteiger charge is 2.12. The first-order valence-corrected chi connectivity index (χ1v) is 9.54. The van der Waals surface area contributed by atoms with Gasteiger partial charge in [-0.15, -0.1) is 0 Å². The Morgan fingerprint density at radius 3 is 2.69 bits per heavy atom. The summed E-state index contributed by atoms with van der Waals surface area (Å²) in [5, 5.41) is 1.64. The summed E-state index contributed by atoms with van der Waals surface area (Å²) < 4.78 is 1.94. The fraction of sp³-hybridized carbons (Fsp3) is 0.130. The van der Waals surface area contributed by atoms with Gasteiger partial charge in [0.2, 0.25) is 6.54 Å². The van der Waals surface area contributed by atoms with Crippen LogP contribution in [0, 0.1) is 6.57 Å². The topological polar surface area (TPSA) is 48.0 Å². The second-order valence-electron chi connectivity index (χ2n) is 6.69. The molecule has 0 aliphatic carbocycles. The van der Waals surface area contributed by atoms with Crippen molar-refractivity contribution < 1.29 is 0 Å². The number of aryl methyl sites for hydroxylation is 1. The molecule has 1 aromatic carbocycles. The number of benzene rings is 1. The number of rotatable bonds is 5. The lowest BCUT2D eigenvalue weighted by molar-refractivity contribution is 0.917. The summed E-state index contributed by atoms with van der Waals surface area (Å²) in [4.78, 5) is 16.6. The molecule has 29 heavy (non-hydrogen) atoms. The molecule has 0 radical (unpaired) electrons. The van der Waals surface area contributed by atoms with E-state index in [-0.39, 0.29) is 0 Å². The maximum Gasteiger partial charge on any atom is 0.218 e. The van der Waals surface area contributed by atoms with Crippen LogP contribution in [0.3, 0.4) is 0 Å². The molecule has 0 bridgehead atoms. The van der Waals surface area contributed by atoms with E-state index >= 15 is 0 Å². The van der Waals surface area contributed by atoms with Crippen molar-refractivity contribution in [3.8, 4) is 11.4 Å². The Hall–Kier alpha value is -3.49. The van der Waals surface area contributed by atoms with Crippen molar-refractivity contribution in [2.45, 2.75) is 6.42 Å². The zero-order valence-electron chi connectivity index (χ0n) is 15.9. The van der Waals surface area contributed by atoms with Gasteiger partial charge in [-0.2, -0.15) is 0 Å².